The number of hydrogen-bond acceptors (Lipinski definition) is 2. The maximum Gasteiger partial charge on any atom is 0.257 e. The third-order valence-electron chi connectivity index (χ3n) is 6.27. The van der Waals surface area contributed by atoms with Gasteiger partial charge in [0.05, 0.1) is 16.0 Å². The van der Waals surface area contributed by atoms with E-state index < -0.39 is 0 Å². The highest BCUT2D eigenvalue weighted by atomic mass is 35.5. The first-order chi connectivity index (χ1) is 14.1. The van der Waals surface area contributed by atoms with Crippen LogP contribution >= 0.6 is 11.6 Å². The van der Waals surface area contributed by atoms with E-state index >= 15 is 0 Å². The van der Waals surface area contributed by atoms with Crippen LogP contribution in [0.4, 0.5) is 5.69 Å². The summed E-state index contributed by atoms with van der Waals surface area (Å²) in [5.41, 5.74) is 1.77. The maximum absolute atomic E-state index is 12.9. The Kier molecular flexibility index (Phi) is 5.91. The summed E-state index contributed by atoms with van der Waals surface area (Å²) in [7, 11) is 0. The van der Waals surface area contributed by atoms with Crippen molar-refractivity contribution < 1.29 is 9.59 Å². The van der Waals surface area contributed by atoms with E-state index in [2.05, 4.69) is 10.6 Å². The van der Waals surface area contributed by atoms with Gasteiger partial charge in [-0.1, -0.05) is 55.1 Å². The molecule has 2 saturated carbocycles. The summed E-state index contributed by atoms with van der Waals surface area (Å²) < 4.78 is 0. The SMILES string of the molecule is O=C(Nc1ccc(C2(C(=O)NCC3CCCCC3)CC2)cc1)c1ccccc1Cl. The Morgan fingerprint density at radius 1 is 0.966 bits per heavy atom. The van der Waals surface area contributed by atoms with Crippen molar-refractivity contribution in [1.29, 1.82) is 0 Å². The van der Waals surface area contributed by atoms with Gasteiger partial charge in [-0.05, 0) is 61.4 Å². The zero-order valence-corrected chi connectivity index (χ0v) is 17.3. The van der Waals surface area contributed by atoms with E-state index in [4.69, 9.17) is 11.6 Å². The van der Waals surface area contributed by atoms with Gasteiger partial charge in [0.25, 0.3) is 5.91 Å². The van der Waals surface area contributed by atoms with Crippen molar-refractivity contribution in [3.05, 3.63) is 64.7 Å². The summed E-state index contributed by atoms with van der Waals surface area (Å²) in [6, 6.07) is 14.6. The van der Waals surface area contributed by atoms with Crippen LogP contribution < -0.4 is 10.6 Å². The Morgan fingerprint density at radius 3 is 2.31 bits per heavy atom. The van der Waals surface area contributed by atoms with E-state index in [1.165, 1.54) is 32.1 Å². The highest BCUT2D eigenvalue weighted by Crippen LogP contribution is 2.48. The van der Waals surface area contributed by atoms with E-state index in [1.54, 1.807) is 24.3 Å². The topological polar surface area (TPSA) is 58.2 Å². The maximum atomic E-state index is 12.9. The molecule has 2 fully saturated rings. The molecule has 2 aromatic rings. The van der Waals surface area contributed by atoms with Gasteiger partial charge in [-0.3, -0.25) is 9.59 Å². The minimum Gasteiger partial charge on any atom is -0.355 e. The Balaban J connectivity index is 1.37. The van der Waals surface area contributed by atoms with Crippen LogP contribution in [0.1, 0.15) is 60.9 Å². The number of anilines is 1. The second kappa shape index (κ2) is 8.58. The van der Waals surface area contributed by atoms with E-state index in [-0.39, 0.29) is 17.2 Å². The first-order valence-corrected chi connectivity index (χ1v) is 10.9. The molecule has 2 N–H and O–H groups in total. The second-order valence-electron chi connectivity index (χ2n) is 8.31. The van der Waals surface area contributed by atoms with Crippen LogP contribution in [0.5, 0.6) is 0 Å². The molecule has 0 saturated heterocycles. The standard InChI is InChI=1S/C24H27ClN2O2/c25-21-9-5-4-8-20(21)22(28)27-19-12-10-18(11-13-19)24(14-15-24)23(29)26-16-17-6-2-1-3-7-17/h4-5,8-13,17H,1-3,6-7,14-16H2,(H,26,29)(H,27,28). The lowest BCUT2D eigenvalue weighted by molar-refractivity contribution is -0.123. The highest BCUT2D eigenvalue weighted by Gasteiger charge is 2.51. The van der Waals surface area contributed by atoms with Crippen LogP contribution in [-0.2, 0) is 10.2 Å². The van der Waals surface area contributed by atoms with Gasteiger partial charge in [-0.2, -0.15) is 0 Å². The van der Waals surface area contributed by atoms with E-state index in [9.17, 15) is 9.59 Å². The van der Waals surface area contributed by atoms with Crippen LogP contribution in [0.3, 0.4) is 0 Å². The molecule has 5 heteroatoms. The number of rotatable bonds is 6. The summed E-state index contributed by atoms with van der Waals surface area (Å²) in [5.74, 6) is 0.538. The van der Waals surface area contributed by atoms with Gasteiger partial charge < -0.3 is 10.6 Å². The van der Waals surface area contributed by atoms with Crippen LogP contribution in [0.25, 0.3) is 0 Å². The third-order valence-corrected chi connectivity index (χ3v) is 6.60. The smallest absolute Gasteiger partial charge is 0.257 e. The molecule has 152 valence electrons. The fraction of sp³-hybridized carbons (Fsp3) is 0.417. The molecule has 0 radical (unpaired) electrons. The number of benzene rings is 2. The van der Waals surface area contributed by atoms with Gasteiger partial charge in [0, 0.05) is 12.2 Å². The quantitative estimate of drug-likeness (QED) is 0.677. The second-order valence-corrected chi connectivity index (χ2v) is 8.71. The van der Waals surface area contributed by atoms with Gasteiger partial charge in [0.1, 0.15) is 0 Å². The summed E-state index contributed by atoms with van der Waals surface area (Å²) in [6.07, 6.45) is 8.12. The molecule has 2 amide bonds. The molecule has 2 aliphatic carbocycles. The van der Waals surface area contributed by atoms with Gasteiger partial charge in [-0.25, -0.2) is 0 Å². The largest absolute Gasteiger partial charge is 0.355 e. The van der Waals surface area contributed by atoms with Crippen LogP contribution in [-0.4, -0.2) is 18.4 Å². The first-order valence-electron chi connectivity index (χ1n) is 10.5. The normalized spacial score (nSPS) is 18.1. The number of carbonyl (C=O) groups is 2. The number of amides is 2. The molecule has 2 aromatic carbocycles. The lowest BCUT2D eigenvalue weighted by Gasteiger charge is -2.23. The molecule has 29 heavy (non-hydrogen) atoms. The molecule has 0 spiro atoms. The van der Waals surface area contributed by atoms with E-state index in [0.717, 1.165) is 24.9 Å². The lowest BCUT2D eigenvalue weighted by atomic mass is 9.88. The molecule has 0 atom stereocenters. The Bertz CT molecular complexity index is 884. The molecule has 4 rings (SSSR count). The van der Waals surface area contributed by atoms with E-state index in [1.807, 2.05) is 24.3 Å². The van der Waals surface area contributed by atoms with Gasteiger partial charge >= 0.3 is 0 Å². The number of halogens is 1. The fourth-order valence-electron chi connectivity index (χ4n) is 4.29. The third kappa shape index (κ3) is 4.48. The van der Waals surface area contributed by atoms with Crippen molar-refractivity contribution in [3.8, 4) is 0 Å². The summed E-state index contributed by atoms with van der Waals surface area (Å²) in [6.45, 7) is 0.798. The molecular weight excluding hydrogens is 384 g/mol. The molecule has 0 aromatic heterocycles. The van der Waals surface area contributed by atoms with Crippen LogP contribution in [0.2, 0.25) is 5.02 Å². The van der Waals surface area contributed by atoms with E-state index in [0.29, 0.717) is 22.2 Å². The van der Waals surface area contributed by atoms with Crippen LogP contribution in [0.15, 0.2) is 48.5 Å². The summed E-state index contributed by atoms with van der Waals surface area (Å²) in [5, 5.41) is 6.50. The van der Waals surface area contributed by atoms with Crippen molar-refractivity contribution >= 4 is 29.1 Å². The van der Waals surface area contributed by atoms with Crippen molar-refractivity contribution in [2.24, 2.45) is 5.92 Å². The number of nitrogens with one attached hydrogen (secondary N) is 2. The minimum atomic E-state index is -0.389. The first kappa shape index (κ1) is 20.0. The molecule has 0 unspecified atom stereocenters. The minimum absolute atomic E-state index is 0.149. The molecule has 2 aliphatic rings. The monoisotopic (exact) mass is 410 g/mol. The molecule has 0 bridgehead atoms. The average molecular weight is 411 g/mol. The van der Waals surface area contributed by atoms with Gasteiger partial charge in [-0.15, -0.1) is 0 Å². The molecular formula is C24H27ClN2O2. The van der Waals surface area contributed by atoms with Gasteiger partial charge in [0.2, 0.25) is 5.91 Å². The van der Waals surface area contributed by atoms with Crippen molar-refractivity contribution in [2.75, 3.05) is 11.9 Å². The molecule has 0 aliphatic heterocycles. The van der Waals surface area contributed by atoms with Crippen molar-refractivity contribution in [3.63, 3.8) is 0 Å². The van der Waals surface area contributed by atoms with Crippen LogP contribution in [0, 0.1) is 5.92 Å². The Morgan fingerprint density at radius 2 is 1.66 bits per heavy atom. The van der Waals surface area contributed by atoms with Crippen molar-refractivity contribution in [2.45, 2.75) is 50.4 Å². The molecule has 4 nitrogen and oxygen atoms in total. The highest BCUT2D eigenvalue weighted by molar-refractivity contribution is 6.34. The predicted molar refractivity (Wildman–Crippen MR) is 116 cm³/mol. The average Bonchev–Trinajstić information content (AvgIpc) is 3.56. The zero-order valence-electron chi connectivity index (χ0n) is 16.5. The zero-order chi connectivity index (χ0) is 20.3. The predicted octanol–water partition coefficient (Wildman–Crippen LogP) is 5.32. The van der Waals surface area contributed by atoms with Crippen molar-refractivity contribution in [1.82, 2.24) is 5.32 Å². The summed E-state index contributed by atoms with van der Waals surface area (Å²) in [4.78, 5) is 25.3. The summed E-state index contributed by atoms with van der Waals surface area (Å²) >= 11 is 6.09. The number of hydrogen-bond donors (Lipinski definition) is 2. The Hall–Kier alpha value is -2.33. The Labute approximate surface area is 177 Å². The number of carbonyl (C=O) groups excluding carboxylic acids is 2. The molecule has 0 heterocycles. The van der Waals surface area contributed by atoms with Gasteiger partial charge in [0.15, 0.2) is 0 Å². The fourth-order valence-corrected chi connectivity index (χ4v) is 4.51. The lowest BCUT2D eigenvalue weighted by Crippen LogP contribution is -2.38.